The van der Waals surface area contributed by atoms with E-state index in [2.05, 4.69) is 101 Å². The van der Waals surface area contributed by atoms with Gasteiger partial charge in [0.25, 0.3) is 0 Å². The standard InChI is InChI=1S/C31H24N2OS/c32-31(34)26-12-6-13-27-30(26)25-16-15-23(29-14-7-17-35-29)19-28(25)33(27)20-24-11-5-4-10-22(24)18-21-8-2-1-3-9-21/h1-17,19H,18,20H2,(H2,32,34). The van der Waals surface area contributed by atoms with Crippen LogP contribution in [0.1, 0.15) is 27.0 Å². The fourth-order valence-corrected chi connectivity index (χ4v) is 5.71. The molecule has 170 valence electrons. The van der Waals surface area contributed by atoms with E-state index in [0.717, 1.165) is 28.2 Å². The number of nitrogens with zero attached hydrogens (tertiary/aromatic N) is 1. The molecule has 2 heterocycles. The number of benzene rings is 4. The summed E-state index contributed by atoms with van der Waals surface area (Å²) in [6.45, 7) is 0.707. The topological polar surface area (TPSA) is 48.0 Å². The minimum absolute atomic E-state index is 0.401. The van der Waals surface area contributed by atoms with Crippen LogP contribution >= 0.6 is 11.3 Å². The highest BCUT2D eigenvalue weighted by Crippen LogP contribution is 2.36. The molecule has 0 saturated heterocycles. The van der Waals surface area contributed by atoms with Gasteiger partial charge in [-0.05, 0) is 58.3 Å². The zero-order valence-corrected chi connectivity index (χ0v) is 20.0. The van der Waals surface area contributed by atoms with Gasteiger partial charge in [0.2, 0.25) is 5.91 Å². The summed E-state index contributed by atoms with van der Waals surface area (Å²) in [4.78, 5) is 13.6. The van der Waals surface area contributed by atoms with Crippen LogP contribution in [0.3, 0.4) is 0 Å². The minimum atomic E-state index is -0.401. The van der Waals surface area contributed by atoms with Gasteiger partial charge < -0.3 is 10.3 Å². The summed E-state index contributed by atoms with van der Waals surface area (Å²) in [7, 11) is 0. The number of primary amides is 1. The van der Waals surface area contributed by atoms with Crippen molar-refractivity contribution in [2.75, 3.05) is 0 Å². The summed E-state index contributed by atoms with van der Waals surface area (Å²) in [5.74, 6) is -0.401. The average molecular weight is 473 g/mol. The molecule has 0 bridgehead atoms. The van der Waals surface area contributed by atoms with Crippen molar-refractivity contribution in [2.45, 2.75) is 13.0 Å². The van der Waals surface area contributed by atoms with Crippen molar-refractivity contribution in [1.82, 2.24) is 4.57 Å². The van der Waals surface area contributed by atoms with Crippen molar-refractivity contribution in [1.29, 1.82) is 0 Å². The van der Waals surface area contributed by atoms with Gasteiger partial charge in [0.15, 0.2) is 0 Å². The Labute approximate surface area is 208 Å². The molecule has 1 amide bonds. The van der Waals surface area contributed by atoms with E-state index in [0.29, 0.717) is 12.1 Å². The van der Waals surface area contributed by atoms with E-state index in [-0.39, 0.29) is 0 Å². The van der Waals surface area contributed by atoms with E-state index in [1.165, 1.54) is 27.1 Å². The van der Waals surface area contributed by atoms with Crippen molar-refractivity contribution in [3.8, 4) is 10.4 Å². The van der Waals surface area contributed by atoms with Crippen LogP contribution in [0.4, 0.5) is 0 Å². The van der Waals surface area contributed by atoms with Crippen molar-refractivity contribution < 1.29 is 4.79 Å². The average Bonchev–Trinajstić information content (AvgIpc) is 3.53. The number of fused-ring (bicyclic) bond motifs is 3. The van der Waals surface area contributed by atoms with Crippen molar-refractivity contribution >= 4 is 39.0 Å². The van der Waals surface area contributed by atoms with Crippen LogP contribution in [-0.4, -0.2) is 10.5 Å². The van der Waals surface area contributed by atoms with Crippen LogP contribution in [0.5, 0.6) is 0 Å². The number of hydrogen-bond acceptors (Lipinski definition) is 2. The van der Waals surface area contributed by atoms with Crippen molar-refractivity contribution in [3.05, 3.63) is 131 Å². The molecule has 0 atom stereocenters. The summed E-state index contributed by atoms with van der Waals surface area (Å²) < 4.78 is 2.33. The Bertz CT molecular complexity index is 1660. The molecule has 6 aromatic rings. The zero-order chi connectivity index (χ0) is 23.8. The van der Waals surface area contributed by atoms with E-state index >= 15 is 0 Å². The second kappa shape index (κ2) is 8.90. The van der Waals surface area contributed by atoms with E-state index in [4.69, 9.17) is 5.73 Å². The van der Waals surface area contributed by atoms with E-state index < -0.39 is 5.91 Å². The quantitative estimate of drug-likeness (QED) is 0.272. The van der Waals surface area contributed by atoms with E-state index in [1.807, 2.05) is 12.1 Å². The summed E-state index contributed by atoms with van der Waals surface area (Å²) in [6.07, 6.45) is 0.876. The summed E-state index contributed by atoms with van der Waals surface area (Å²) >= 11 is 1.73. The fraction of sp³-hybridized carbons (Fsp3) is 0.0645. The van der Waals surface area contributed by atoms with Gasteiger partial charge in [-0.1, -0.05) is 78.9 Å². The van der Waals surface area contributed by atoms with Gasteiger partial charge in [0.1, 0.15) is 0 Å². The Balaban J connectivity index is 1.55. The molecule has 2 N–H and O–H groups in total. The molecule has 0 aliphatic heterocycles. The first-order valence-corrected chi connectivity index (χ1v) is 12.6. The molecule has 0 aliphatic rings. The number of nitrogens with two attached hydrogens (primary N) is 1. The molecule has 35 heavy (non-hydrogen) atoms. The van der Waals surface area contributed by atoms with Crippen LogP contribution in [-0.2, 0) is 13.0 Å². The van der Waals surface area contributed by atoms with Gasteiger partial charge in [-0.25, -0.2) is 0 Å². The fourth-order valence-electron chi connectivity index (χ4n) is 4.99. The highest BCUT2D eigenvalue weighted by atomic mass is 32.1. The molecule has 0 fully saturated rings. The van der Waals surface area contributed by atoms with Crippen LogP contribution in [0, 0.1) is 0 Å². The molecule has 0 unspecified atom stereocenters. The van der Waals surface area contributed by atoms with Gasteiger partial charge in [-0.3, -0.25) is 4.79 Å². The number of thiophene rings is 1. The second-order valence-electron chi connectivity index (χ2n) is 8.79. The maximum atomic E-state index is 12.4. The third-order valence-electron chi connectivity index (χ3n) is 6.65. The number of hydrogen-bond donors (Lipinski definition) is 1. The number of amides is 1. The molecule has 3 nitrogen and oxygen atoms in total. The normalized spacial score (nSPS) is 11.3. The van der Waals surface area contributed by atoms with Crippen LogP contribution in [0.2, 0.25) is 0 Å². The number of rotatable bonds is 6. The lowest BCUT2D eigenvalue weighted by atomic mass is 9.99. The van der Waals surface area contributed by atoms with Crippen molar-refractivity contribution in [2.24, 2.45) is 5.73 Å². The van der Waals surface area contributed by atoms with Gasteiger partial charge in [-0.2, -0.15) is 0 Å². The Morgan fingerprint density at radius 3 is 2.34 bits per heavy atom. The van der Waals surface area contributed by atoms with Gasteiger partial charge in [-0.15, -0.1) is 11.3 Å². The Morgan fingerprint density at radius 1 is 0.771 bits per heavy atom. The molecule has 6 rings (SSSR count). The highest BCUT2D eigenvalue weighted by Gasteiger charge is 2.18. The second-order valence-corrected chi connectivity index (χ2v) is 9.74. The SMILES string of the molecule is NC(=O)c1cccc2c1c1ccc(-c3cccs3)cc1n2Cc1ccccc1Cc1ccccc1. The molecule has 0 aliphatic carbocycles. The number of aromatic nitrogens is 1. The highest BCUT2D eigenvalue weighted by molar-refractivity contribution is 7.13. The molecule has 4 heteroatoms. The lowest BCUT2D eigenvalue weighted by Gasteiger charge is -2.13. The van der Waals surface area contributed by atoms with Gasteiger partial charge in [0, 0.05) is 27.8 Å². The van der Waals surface area contributed by atoms with E-state index in [1.54, 1.807) is 11.3 Å². The minimum Gasteiger partial charge on any atom is -0.366 e. The van der Waals surface area contributed by atoms with Crippen molar-refractivity contribution in [3.63, 3.8) is 0 Å². The Kier molecular flexibility index (Phi) is 5.44. The molecule has 2 aromatic heterocycles. The first kappa shape index (κ1) is 21.4. The van der Waals surface area contributed by atoms with Gasteiger partial charge >= 0.3 is 0 Å². The molecule has 0 radical (unpaired) electrons. The molecule has 0 saturated carbocycles. The maximum absolute atomic E-state index is 12.4. The monoisotopic (exact) mass is 472 g/mol. The third kappa shape index (κ3) is 3.92. The van der Waals surface area contributed by atoms with Crippen LogP contribution in [0.25, 0.3) is 32.2 Å². The summed E-state index contributed by atoms with van der Waals surface area (Å²) in [5.41, 5.74) is 13.5. The molecular weight excluding hydrogens is 448 g/mol. The molecule has 0 spiro atoms. The lowest BCUT2D eigenvalue weighted by Crippen LogP contribution is -2.11. The first-order valence-electron chi connectivity index (χ1n) is 11.7. The Hall–Kier alpha value is -4.15. The van der Waals surface area contributed by atoms with Crippen LogP contribution < -0.4 is 5.73 Å². The van der Waals surface area contributed by atoms with Gasteiger partial charge in [0.05, 0.1) is 11.0 Å². The molecule has 4 aromatic carbocycles. The van der Waals surface area contributed by atoms with Crippen LogP contribution in [0.15, 0.2) is 109 Å². The predicted molar refractivity (Wildman–Crippen MR) is 146 cm³/mol. The predicted octanol–water partition coefficient (Wildman–Crippen LogP) is 7.26. The lowest BCUT2D eigenvalue weighted by molar-refractivity contribution is 0.100. The zero-order valence-electron chi connectivity index (χ0n) is 19.1. The largest absolute Gasteiger partial charge is 0.366 e. The number of carbonyl (C=O) groups excluding carboxylic acids is 1. The first-order chi connectivity index (χ1) is 17.2. The molecular formula is C31H24N2OS. The summed E-state index contributed by atoms with van der Waals surface area (Å²) in [6, 6.07) is 35.7. The smallest absolute Gasteiger partial charge is 0.249 e. The maximum Gasteiger partial charge on any atom is 0.249 e. The van der Waals surface area contributed by atoms with E-state index in [9.17, 15) is 4.79 Å². The number of carbonyl (C=O) groups is 1. The Morgan fingerprint density at radius 2 is 1.57 bits per heavy atom. The summed E-state index contributed by atoms with van der Waals surface area (Å²) in [5, 5.41) is 4.07. The third-order valence-corrected chi connectivity index (χ3v) is 7.57.